The number of fused-ring (bicyclic) bond motifs is 1. The quantitative estimate of drug-likeness (QED) is 0.917. The molecule has 2 aromatic rings. The summed E-state index contributed by atoms with van der Waals surface area (Å²) in [6.45, 7) is 4.01. The van der Waals surface area contributed by atoms with Gasteiger partial charge in [-0.25, -0.2) is 0 Å². The monoisotopic (exact) mass is 258 g/mol. The van der Waals surface area contributed by atoms with Crippen LogP contribution < -0.4 is 10.1 Å². The topological polar surface area (TPSA) is 51.2 Å². The molecule has 0 saturated carbocycles. The molecule has 0 aliphatic heterocycles. The molecular formula is C15H18N2O2. The number of benzene rings is 1. The SMILES string of the molecule is CCC(C)NC(=O)c1c(OC)cnc2ccccc12. The molecule has 100 valence electrons. The Labute approximate surface area is 112 Å². The molecule has 1 N–H and O–H groups in total. The molecule has 0 saturated heterocycles. The average molecular weight is 258 g/mol. The number of amides is 1. The van der Waals surface area contributed by atoms with E-state index in [1.54, 1.807) is 13.3 Å². The third-order valence-electron chi connectivity index (χ3n) is 3.18. The predicted octanol–water partition coefficient (Wildman–Crippen LogP) is 2.77. The fourth-order valence-corrected chi connectivity index (χ4v) is 1.91. The Morgan fingerprint density at radius 2 is 2.16 bits per heavy atom. The van der Waals surface area contributed by atoms with Gasteiger partial charge in [0.1, 0.15) is 0 Å². The molecule has 4 heteroatoms. The minimum atomic E-state index is -0.121. The first-order chi connectivity index (χ1) is 9.17. The number of aromatic nitrogens is 1. The number of carbonyl (C=O) groups is 1. The minimum absolute atomic E-state index is 0.121. The van der Waals surface area contributed by atoms with Gasteiger partial charge in [-0.05, 0) is 19.4 Å². The van der Waals surface area contributed by atoms with Crippen molar-refractivity contribution in [1.29, 1.82) is 0 Å². The number of hydrogen-bond acceptors (Lipinski definition) is 3. The molecule has 0 spiro atoms. The Morgan fingerprint density at radius 3 is 2.84 bits per heavy atom. The molecule has 4 nitrogen and oxygen atoms in total. The number of para-hydroxylation sites is 1. The molecule has 0 aliphatic rings. The van der Waals surface area contributed by atoms with E-state index < -0.39 is 0 Å². The van der Waals surface area contributed by atoms with Gasteiger partial charge in [-0.15, -0.1) is 0 Å². The Bertz CT molecular complexity index is 596. The van der Waals surface area contributed by atoms with Crippen molar-refractivity contribution in [2.24, 2.45) is 0 Å². The maximum absolute atomic E-state index is 12.4. The van der Waals surface area contributed by atoms with Gasteiger partial charge in [0.05, 0.1) is 24.4 Å². The van der Waals surface area contributed by atoms with Gasteiger partial charge in [-0.3, -0.25) is 9.78 Å². The maximum Gasteiger partial charge on any atom is 0.256 e. The van der Waals surface area contributed by atoms with Gasteiger partial charge in [0.15, 0.2) is 5.75 Å². The largest absolute Gasteiger partial charge is 0.494 e. The van der Waals surface area contributed by atoms with Crippen LogP contribution in [0, 0.1) is 0 Å². The molecule has 0 bridgehead atoms. The Kier molecular flexibility index (Phi) is 4.00. The van der Waals surface area contributed by atoms with Gasteiger partial charge < -0.3 is 10.1 Å². The first-order valence-electron chi connectivity index (χ1n) is 6.40. The molecule has 1 unspecified atom stereocenters. The molecule has 1 aromatic heterocycles. The highest BCUT2D eigenvalue weighted by Crippen LogP contribution is 2.25. The van der Waals surface area contributed by atoms with Gasteiger partial charge >= 0.3 is 0 Å². The van der Waals surface area contributed by atoms with E-state index >= 15 is 0 Å². The predicted molar refractivity (Wildman–Crippen MR) is 75.5 cm³/mol. The zero-order chi connectivity index (χ0) is 13.8. The van der Waals surface area contributed by atoms with E-state index in [-0.39, 0.29) is 11.9 Å². The second-order valence-electron chi connectivity index (χ2n) is 4.50. The van der Waals surface area contributed by atoms with Crippen molar-refractivity contribution in [3.8, 4) is 5.75 Å². The molecule has 1 atom stereocenters. The van der Waals surface area contributed by atoms with Gasteiger partial charge in [-0.1, -0.05) is 25.1 Å². The van der Waals surface area contributed by atoms with Gasteiger partial charge in [0.2, 0.25) is 0 Å². The number of pyridine rings is 1. The zero-order valence-electron chi connectivity index (χ0n) is 11.4. The van der Waals surface area contributed by atoms with Crippen molar-refractivity contribution >= 4 is 16.8 Å². The molecule has 1 amide bonds. The van der Waals surface area contributed by atoms with Crippen molar-refractivity contribution in [3.63, 3.8) is 0 Å². The van der Waals surface area contributed by atoms with Crippen LogP contribution in [0.2, 0.25) is 0 Å². The zero-order valence-corrected chi connectivity index (χ0v) is 11.4. The lowest BCUT2D eigenvalue weighted by atomic mass is 10.1. The Morgan fingerprint density at radius 1 is 1.42 bits per heavy atom. The van der Waals surface area contributed by atoms with Crippen molar-refractivity contribution in [2.45, 2.75) is 26.3 Å². The Balaban J connectivity index is 2.52. The van der Waals surface area contributed by atoms with Crippen LogP contribution in [-0.2, 0) is 0 Å². The van der Waals surface area contributed by atoms with Crippen molar-refractivity contribution < 1.29 is 9.53 Å². The lowest BCUT2D eigenvalue weighted by Crippen LogP contribution is -2.32. The van der Waals surface area contributed by atoms with E-state index in [9.17, 15) is 4.79 Å². The minimum Gasteiger partial charge on any atom is -0.494 e. The lowest BCUT2D eigenvalue weighted by Gasteiger charge is -2.15. The van der Waals surface area contributed by atoms with Crippen LogP contribution in [0.3, 0.4) is 0 Å². The molecule has 0 aliphatic carbocycles. The van der Waals surface area contributed by atoms with Crippen LogP contribution in [0.4, 0.5) is 0 Å². The number of rotatable bonds is 4. The average Bonchev–Trinajstić information content (AvgIpc) is 2.45. The third-order valence-corrected chi connectivity index (χ3v) is 3.18. The number of hydrogen-bond donors (Lipinski definition) is 1. The third kappa shape index (κ3) is 2.67. The molecule has 1 aromatic carbocycles. The summed E-state index contributed by atoms with van der Waals surface area (Å²) in [4.78, 5) is 16.7. The van der Waals surface area contributed by atoms with Crippen LogP contribution >= 0.6 is 0 Å². The summed E-state index contributed by atoms with van der Waals surface area (Å²) in [6, 6.07) is 7.69. The first-order valence-corrected chi connectivity index (χ1v) is 6.40. The summed E-state index contributed by atoms with van der Waals surface area (Å²) >= 11 is 0. The highest BCUT2D eigenvalue weighted by molar-refractivity contribution is 6.08. The summed E-state index contributed by atoms with van der Waals surface area (Å²) in [5, 5.41) is 3.77. The number of methoxy groups -OCH3 is 1. The van der Waals surface area contributed by atoms with E-state index in [1.165, 1.54) is 0 Å². The van der Waals surface area contributed by atoms with Crippen LogP contribution in [0.15, 0.2) is 30.5 Å². The molecule has 1 heterocycles. The summed E-state index contributed by atoms with van der Waals surface area (Å²) in [7, 11) is 1.55. The van der Waals surface area contributed by atoms with Crippen molar-refractivity contribution in [2.75, 3.05) is 7.11 Å². The van der Waals surface area contributed by atoms with Gasteiger partial charge in [0, 0.05) is 11.4 Å². The molecule has 0 radical (unpaired) electrons. The summed E-state index contributed by atoms with van der Waals surface area (Å²) in [5.41, 5.74) is 1.34. The highest BCUT2D eigenvalue weighted by Gasteiger charge is 2.18. The number of nitrogens with one attached hydrogen (secondary N) is 1. The summed E-state index contributed by atoms with van der Waals surface area (Å²) < 4.78 is 5.27. The van der Waals surface area contributed by atoms with E-state index in [4.69, 9.17) is 4.74 Å². The van der Waals surface area contributed by atoms with Crippen LogP contribution in [0.5, 0.6) is 5.75 Å². The molecule has 0 fully saturated rings. The summed E-state index contributed by atoms with van der Waals surface area (Å²) in [5.74, 6) is 0.379. The number of ether oxygens (including phenoxy) is 1. The van der Waals surface area contributed by atoms with Crippen LogP contribution in [0.25, 0.3) is 10.9 Å². The van der Waals surface area contributed by atoms with E-state index in [0.29, 0.717) is 11.3 Å². The van der Waals surface area contributed by atoms with Gasteiger partial charge in [-0.2, -0.15) is 0 Å². The number of nitrogens with zero attached hydrogens (tertiary/aromatic N) is 1. The smallest absolute Gasteiger partial charge is 0.256 e. The van der Waals surface area contributed by atoms with Crippen LogP contribution in [0.1, 0.15) is 30.6 Å². The maximum atomic E-state index is 12.4. The standard InChI is InChI=1S/C15H18N2O2/c1-4-10(2)17-15(18)14-11-7-5-6-8-12(11)16-9-13(14)19-3/h5-10H,4H2,1-3H3,(H,17,18). The normalized spacial score (nSPS) is 12.2. The molecule has 2 rings (SSSR count). The number of carbonyl (C=O) groups excluding carboxylic acids is 1. The highest BCUT2D eigenvalue weighted by atomic mass is 16.5. The Hall–Kier alpha value is -2.10. The van der Waals surface area contributed by atoms with Crippen LogP contribution in [-0.4, -0.2) is 24.0 Å². The second kappa shape index (κ2) is 5.69. The second-order valence-corrected chi connectivity index (χ2v) is 4.50. The van der Waals surface area contributed by atoms with E-state index in [2.05, 4.69) is 10.3 Å². The van der Waals surface area contributed by atoms with Crippen molar-refractivity contribution in [3.05, 3.63) is 36.0 Å². The van der Waals surface area contributed by atoms with E-state index in [0.717, 1.165) is 17.3 Å². The summed E-state index contributed by atoms with van der Waals surface area (Å²) in [6.07, 6.45) is 2.48. The fraction of sp³-hybridized carbons (Fsp3) is 0.333. The van der Waals surface area contributed by atoms with E-state index in [1.807, 2.05) is 38.1 Å². The van der Waals surface area contributed by atoms with Gasteiger partial charge in [0.25, 0.3) is 5.91 Å². The molecular weight excluding hydrogens is 240 g/mol. The van der Waals surface area contributed by atoms with Crippen molar-refractivity contribution in [1.82, 2.24) is 10.3 Å². The first kappa shape index (κ1) is 13.3. The fourth-order valence-electron chi connectivity index (χ4n) is 1.91. The molecule has 19 heavy (non-hydrogen) atoms. The lowest BCUT2D eigenvalue weighted by molar-refractivity contribution is 0.0938.